The number of imidazole rings is 1. The third-order valence-corrected chi connectivity index (χ3v) is 5.00. The van der Waals surface area contributed by atoms with E-state index in [1.807, 2.05) is 18.7 Å². The summed E-state index contributed by atoms with van der Waals surface area (Å²) in [5.74, 6) is 6.43. The van der Waals surface area contributed by atoms with Gasteiger partial charge in [0.1, 0.15) is 6.61 Å². The van der Waals surface area contributed by atoms with E-state index in [2.05, 4.69) is 37.7 Å². The molecule has 1 aliphatic rings. The van der Waals surface area contributed by atoms with Gasteiger partial charge in [0.25, 0.3) is 0 Å². The molecule has 1 fully saturated rings. The summed E-state index contributed by atoms with van der Waals surface area (Å²) >= 11 is 1.76. The van der Waals surface area contributed by atoms with Crippen LogP contribution >= 0.6 is 11.3 Å². The highest BCUT2D eigenvalue weighted by Crippen LogP contribution is 2.22. The summed E-state index contributed by atoms with van der Waals surface area (Å²) in [5, 5.41) is 10.8. The molecule has 2 aromatic rings. The van der Waals surface area contributed by atoms with Crippen LogP contribution in [0.3, 0.4) is 0 Å². The maximum absolute atomic E-state index is 8.73. The fourth-order valence-corrected chi connectivity index (χ4v) is 3.77. The zero-order valence-electron chi connectivity index (χ0n) is 12.6. The molecular formula is C17H21N3OS. The van der Waals surface area contributed by atoms with Crippen molar-refractivity contribution in [2.24, 2.45) is 5.92 Å². The Labute approximate surface area is 135 Å². The van der Waals surface area contributed by atoms with E-state index in [0.29, 0.717) is 0 Å². The lowest BCUT2D eigenvalue weighted by molar-refractivity contribution is 0.168. The quantitative estimate of drug-likeness (QED) is 0.880. The summed E-state index contributed by atoms with van der Waals surface area (Å²) in [5.41, 5.74) is 1.02. The SMILES string of the molecule is OCC#Cc1csc(CN2CCC(Cn3ccnc3)CC2)c1. The molecule has 0 aliphatic carbocycles. The number of piperidine rings is 1. The van der Waals surface area contributed by atoms with Gasteiger partial charge in [-0.1, -0.05) is 11.8 Å². The molecule has 5 heteroatoms. The van der Waals surface area contributed by atoms with Crippen molar-refractivity contribution >= 4 is 11.3 Å². The van der Waals surface area contributed by atoms with Crippen LogP contribution in [0.25, 0.3) is 0 Å². The van der Waals surface area contributed by atoms with E-state index in [4.69, 9.17) is 5.11 Å². The van der Waals surface area contributed by atoms with Crippen molar-refractivity contribution in [1.82, 2.24) is 14.5 Å². The fraction of sp³-hybridized carbons (Fsp3) is 0.471. The van der Waals surface area contributed by atoms with Crippen LogP contribution in [0, 0.1) is 17.8 Å². The van der Waals surface area contributed by atoms with Crippen molar-refractivity contribution < 1.29 is 5.11 Å². The van der Waals surface area contributed by atoms with Gasteiger partial charge in [-0.25, -0.2) is 4.98 Å². The van der Waals surface area contributed by atoms with Crippen molar-refractivity contribution in [2.75, 3.05) is 19.7 Å². The maximum atomic E-state index is 8.73. The highest BCUT2D eigenvalue weighted by molar-refractivity contribution is 7.10. The van der Waals surface area contributed by atoms with Gasteiger partial charge in [-0.15, -0.1) is 11.3 Å². The van der Waals surface area contributed by atoms with E-state index in [-0.39, 0.29) is 6.61 Å². The van der Waals surface area contributed by atoms with Crippen LogP contribution in [0.5, 0.6) is 0 Å². The molecule has 0 amide bonds. The number of hydrogen-bond acceptors (Lipinski definition) is 4. The van der Waals surface area contributed by atoms with E-state index < -0.39 is 0 Å². The summed E-state index contributed by atoms with van der Waals surface area (Å²) in [6.45, 7) is 4.36. The molecule has 1 aliphatic heterocycles. The van der Waals surface area contributed by atoms with E-state index in [1.165, 1.54) is 17.7 Å². The third-order valence-electron chi connectivity index (χ3n) is 4.08. The average molecular weight is 315 g/mol. The average Bonchev–Trinajstić information content (AvgIpc) is 3.19. The van der Waals surface area contributed by atoms with Gasteiger partial charge in [-0.2, -0.15) is 0 Å². The second kappa shape index (κ2) is 7.59. The Balaban J connectivity index is 1.46. The lowest BCUT2D eigenvalue weighted by Crippen LogP contribution is -2.34. The number of nitrogens with zero attached hydrogens (tertiary/aromatic N) is 3. The Hall–Kier alpha value is -1.61. The summed E-state index contributed by atoms with van der Waals surface area (Å²) in [4.78, 5) is 7.99. The molecule has 0 radical (unpaired) electrons. The first-order valence-electron chi connectivity index (χ1n) is 7.68. The number of aliphatic hydroxyl groups excluding tert-OH is 1. The van der Waals surface area contributed by atoms with Crippen molar-refractivity contribution in [3.63, 3.8) is 0 Å². The summed E-state index contributed by atoms with van der Waals surface area (Å²) in [6, 6.07) is 2.14. The Morgan fingerprint density at radius 1 is 1.36 bits per heavy atom. The molecule has 0 atom stereocenters. The largest absolute Gasteiger partial charge is 0.384 e. The second-order valence-corrected chi connectivity index (χ2v) is 6.74. The monoisotopic (exact) mass is 315 g/mol. The molecular weight excluding hydrogens is 294 g/mol. The van der Waals surface area contributed by atoms with Gasteiger partial charge in [-0.3, -0.25) is 4.90 Å². The maximum Gasteiger partial charge on any atom is 0.104 e. The molecule has 1 saturated heterocycles. The first-order chi connectivity index (χ1) is 10.8. The first-order valence-corrected chi connectivity index (χ1v) is 8.56. The predicted octanol–water partition coefficient (Wildman–Crippen LogP) is 2.20. The Bertz CT molecular complexity index is 630. The van der Waals surface area contributed by atoms with Crippen LogP contribution in [0.1, 0.15) is 23.3 Å². The highest BCUT2D eigenvalue weighted by Gasteiger charge is 2.19. The van der Waals surface area contributed by atoms with Crippen LogP contribution in [0.15, 0.2) is 30.2 Å². The molecule has 1 N–H and O–H groups in total. The number of aliphatic hydroxyl groups is 1. The van der Waals surface area contributed by atoms with Gasteiger partial charge in [-0.05, 0) is 37.9 Å². The Kier molecular flexibility index (Phi) is 5.28. The van der Waals surface area contributed by atoms with Crippen LogP contribution in [-0.4, -0.2) is 39.3 Å². The van der Waals surface area contributed by atoms with Gasteiger partial charge in [0.05, 0.1) is 6.33 Å². The zero-order chi connectivity index (χ0) is 15.2. The van der Waals surface area contributed by atoms with Crippen LogP contribution < -0.4 is 0 Å². The molecule has 0 aromatic carbocycles. The topological polar surface area (TPSA) is 41.3 Å². The van der Waals surface area contributed by atoms with E-state index >= 15 is 0 Å². The van der Waals surface area contributed by atoms with Crippen LogP contribution in [0.2, 0.25) is 0 Å². The molecule has 0 unspecified atom stereocenters. The molecule has 116 valence electrons. The minimum Gasteiger partial charge on any atom is -0.384 e. The smallest absolute Gasteiger partial charge is 0.104 e. The van der Waals surface area contributed by atoms with Crippen molar-refractivity contribution in [3.05, 3.63) is 40.6 Å². The summed E-state index contributed by atoms with van der Waals surface area (Å²) < 4.78 is 2.19. The lowest BCUT2D eigenvalue weighted by Gasteiger charge is -2.31. The molecule has 2 aromatic heterocycles. The molecule has 4 nitrogen and oxygen atoms in total. The lowest BCUT2D eigenvalue weighted by atomic mass is 9.96. The Morgan fingerprint density at radius 3 is 2.95 bits per heavy atom. The van der Waals surface area contributed by atoms with Crippen LogP contribution in [-0.2, 0) is 13.1 Å². The van der Waals surface area contributed by atoms with Crippen molar-refractivity contribution in [2.45, 2.75) is 25.9 Å². The van der Waals surface area contributed by atoms with E-state index in [1.54, 1.807) is 11.3 Å². The normalized spacial score (nSPS) is 16.4. The standard InChI is InChI=1S/C17H21N3OS/c21-9-1-2-16-10-17(22-13-16)12-19-6-3-15(4-7-19)11-20-8-5-18-14-20/h5,8,10,13-15,21H,3-4,6-7,9,11-12H2. The van der Waals surface area contributed by atoms with Gasteiger partial charge in [0, 0.05) is 41.3 Å². The molecule has 3 rings (SSSR count). The third kappa shape index (κ3) is 4.20. The number of rotatable bonds is 4. The second-order valence-electron chi connectivity index (χ2n) is 5.74. The summed E-state index contributed by atoms with van der Waals surface area (Å²) in [6.07, 6.45) is 8.31. The van der Waals surface area contributed by atoms with E-state index in [9.17, 15) is 0 Å². The molecule has 3 heterocycles. The Morgan fingerprint density at radius 2 is 2.23 bits per heavy atom. The predicted molar refractivity (Wildman–Crippen MR) is 88.5 cm³/mol. The molecule has 22 heavy (non-hydrogen) atoms. The van der Waals surface area contributed by atoms with Crippen LogP contribution in [0.4, 0.5) is 0 Å². The van der Waals surface area contributed by atoms with Gasteiger partial charge in [0.15, 0.2) is 0 Å². The zero-order valence-corrected chi connectivity index (χ0v) is 13.4. The van der Waals surface area contributed by atoms with E-state index in [0.717, 1.165) is 37.7 Å². The number of thiophene rings is 1. The highest BCUT2D eigenvalue weighted by atomic mass is 32.1. The molecule has 0 spiro atoms. The molecule has 0 bridgehead atoms. The summed E-state index contributed by atoms with van der Waals surface area (Å²) in [7, 11) is 0. The number of aromatic nitrogens is 2. The van der Waals surface area contributed by atoms with Crippen molar-refractivity contribution in [1.29, 1.82) is 0 Å². The van der Waals surface area contributed by atoms with Gasteiger partial charge in [0.2, 0.25) is 0 Å². The van der Waals surface area contributed by atoms with Gasteiger partial charge < -0.3 is 9.67 Å². The van der Waals surface area contributed by atoms with Crippen molar-refractivity contribution in [3.8, 4) is 11.8 Å². The first kappa shape index (κ1) is 15.3. The van der Waals surface area contributed by atoms with Gasteiger partial charge >= 0.3 is 0 Å². The minimum atomic E-state index is -0.0738. The molecule has 0 saturated carbocycles. The number of likely N-dealkylation sites (tertiary alicyclic amines) is 1. The fourth-order valence-electron chi connectivity index (χ4n) is 2.91. The minimum absolute atomic E-state index is 0.0738. The number of hydrogen-bond donors (Lipinski definition) is 1.